The highest BCUT2D eigenvalue weighted by Gasteiger charge is 2.06. The van der Waals surface area contributed by atoms with Crippen molar-refractivity contribution in [1.82, 2.24) is 9.78 Å². The van der Waals surface area contributed by atoms with Crippen LogP contribution in [0.25, 0.3) is 0 Å². The summed E-state index contributed by atoms with van der Waals surface area (Å²) in [5, 5.41) is 4.17. The fourth-order valence-corrected chi connectivity index (χ4v) is 1.62. The number of rotatable bonds is 4. The Morgan fingerprint density at radius 1 is 1.47 bits per heavy atom. The molecule has 2 aromatic rings. The van der Waals surface area contributed by atoms with Crippen LogP contribution in [0.1, 0.15) is 11.1 Å². The minimum atomic E-state index is -0.311. The molecule has 0 aliphatic carbocycles. The topological polar surface area (TPSA) is 53.1 Å². The molecular formula is C12H14FN3O. The molecular weight excluding hydrogens is 221 g/mol. The molecule has 0 radical (unpaired) electrons. The highest BCUT2D eigenvalue weighted by molar-refractivity contribution is 5.34. The number of benzene rings is 1. The van der Waals surface area contributed by atoms with Crippen LogP contribution in [0, 0.1) is 5.82 Å². The first-order valence-electron chi connectivity index (χ1n) is 5.26. The van der Waals surface area contributed by atoms with E-state index in [-0.39, 0.29) is 5.82 Å². The third-order valence-electron chi connectivity index (χ3n) is 2.50. The van der Waals surface area contributed by atoms with E-state index >= 15 is 0 Å². The van der Waals surface area contributed by atoms with Crippen molar-refractivity contribution in [3.8, 4) is 5.75 Å². The first-order chi connectivity index (χ1) is 8.22. The molecule has 1 aromatic carbocycles. The third kappa shape index (κ3) is 2.62. The van der Waals surface area contributed by atoms with Crippen molar-refractivity contribution in [3.63, 3.8) is 0 Å². The monoisotopic (exact) mass is 235 g/mol. The summed E-state index contributed by atoms with van der Waals surface area (Å²) < 4.78 is 19.9. The van der Waals surface area contributed by atoms with Crippen molar-refractivity contribution < 1.29 is 9.13 Å². The molecule has 5 heteroatoms. The van der Waals surface area contributed by atoms with Crippen LogP contribution in [0.3, 0.4) is 0 Å². The zero-order valence-electron chi connectivity index (χ0n) is 9.56. The Morgan fingerprint density at radius 2 is 2.29 bits per heavy atom. The quantitative estimate of drug-likeness (QED) is 0.874. The summed E-state index contributed by atoms with van der Waals surface area (Å²) in [5.74, 6) is 0.212. The van der Waals surface area contributed by atoms with Gasteiger partial charge < -0.3 is 10.5 Å². The van der Waals surface area contributed by atoms with Crippen LogP contribution in [0.4, 0.5) is 4.39 Å². The molecule has 0 atom stereocenters. The van der Waals surface area contributed by atoms with Gasteiger partial charge in [0.25, 0.3) is 0 Å². The summed E-state index contributed by atoms with van der Waals surface area (Å²) in [5.41, 5.74) is 7.34. The van der Waals surface area contributed by atoms with Crippen LogP contribution >= 0.6 is 0 Å². The Hall–Kier alpha value is -1.88. The van der Waals surface area contributed by atoms with Gasteiger partial charge in [-0.2, -0.15) is 5.10 Å². The molecule has 17 heavy (non-hydrogen) atoms. The number of hydrogen-bond donors (Lipinski definition) is 1. The lowest BCUT2D eigenvalue weighted by atomic mass is 10.2. The lowest BCUT2D eigenvalue weighted by Crippen LogP contribution is -2.02. The maximum absolute atomic E-state index is 13.0. The Kier molecular flexibility index (Phi) is 3.39. The van der Waals surface area contributed by atoms with Crippen molar-refractivity contribution in [2.45, 2.75) is 13.1 Å². The number of aromatic nitrogens is 2. The Balaban J connectivity index is 2.23. The highest BCUT2D eigenvalue weighted by Crippen LogP contribution is 2.20. The highest BCUT2D eigenvalue weighted by atomic mass is 19.1. The summed E-state index contributed by atoms with van der Waals surface area (Å²) in [6.07, 6.45) is 3.58. The third-order valence-corrected chi connectivity index (χ3v) is 2.50. The minimum absolute atomic E-state index is 0.311. The molecule has 2 rings (SSSR count). The fraction of sp³-hybridized carbons (Fsp3) is 0.250. The van der Waals surface area contributed by atoms with E-state index in [1.165, 1.54) is 19.2 Å². The van der Waals surface area contributed by atoms with Crippen molar-refractivity contribution in [2.24, 2.45) is 5.73 Å². The summed E-state index contributed by atoms with van der Waals surface area (Å²) >= 11 is 0. The van der Waals surface area contributed by atoms with Gasteiger partial charge in [0.1, 0.15) is 11.6 Å². The van der Waals surface area contributed by atoms with E-state index in [0.29, 0.717) is 18.8 Å². The average Bonchev–Trinajstić information content (AvgIpc) is 2.79. The number of nitrogens with two attached hydrogens (primary N) is 1. The molecule has 4 nitrogen and oxygen atoms in total. The van der Waals surface area contributed by atoms with E-state index < -0.39 is 0 Å². The van der Waals surface area contributed by atoms with E-state index in [1.54, 1.807) is 16.9 Å². The zero-order chi connectivity index (χ0) is 12.3. The smallest absolute Gasteiger partial charge is 0.126 e. The normalized spacial score (nSPS) is 10.5. The van der Waals surface area contributed by atoms with Crippen LogP contribution in [0.5, 0.6) is 5.75 Å². The first kappa shape index (κ1) is 11.6. The van der Waals surface area contributed by atoms with Crippen molar-refractivity contribution in [1.29, 1.82) is 0 Å². The second-order valence-electron chi connectivity index (χ2n) is 3.71. The number of hydrogen-bond acceptors (Lipinski definition) is 3. The number of halogens is 1. The summed E-state index contributed by atoms with van der Waals surface area (Å²) in [4.78, 5) is 0. The standard InChI is InChI=1S/C12H14FN3O/c1-17-12-4-11(13)3-2-10(12)8-16-7-9(5-14)6-15-16/h2-4,6-7H,5,8,14H2,1H3. The lowest BCUT2D eigenvalue weighted by molar-refractivity contribution is 0.404. The van der Waals surface area contributed by atoms with Crippen LogP contribution < -0.4 is 10.5 Å². The van der Waals surface area contributed by atoms with Crippen molar-refractivity contribution in [3.05, 3.63) is 47.5 Å². The maximum Gasteiger partial charge on any atom is 0.126 e. The molecule has 0 aliphatic rings. The Bertz CT molecular complexity index is 510. The van der Waals surface area contributed by atoms with Crippen LogP contribution in [0.2, 0.25) is 0 Å². The summed E-state index contributed by atoms with van der Waals surface area (Å²) in [6.45, 7) is 0.990. The molecule has 1 heterocycles. The zero-order valence-corrected chi connectivity index (χ0v) is 9.56. The van der Waals surface area contributed by atoms with Gasteiger partial charge in [-0.05, 0) is 6.07 Å². The van der Waals surface area contributed by atoms with Gasteiger partial charge >= 0.3 is 0 Å². The van der Waals surface area contributed by atoms with E-state index in [9.17, 15) is 4.39 Å². The summed E-state index contributed by atoms with van der Waals surface area (Å²) in [7, 11) is 1.52. The minimum Gasteiger partial charge on any atom is -0.496 e. The predicted octanol–water partition coefficient (Wildman–Crippen LogP) is 1.54. The van der Waals surface area contributed by atoms with Gasteiger partial charge in [0.2, 0.25) is 0 Å². The molecule has 0 aliphatic heterocycles. The molecule has 0 bridgehead atoms. The van der Waals surface area contributed by atoms with Crippen LogP contribution in [0.15, 0.2) is 30.6 Å². The van der Waals surface area contributed by atoms with E-state index in [0.717, 1.165) is 11.1 Å². The number of nitrogens with zero attached hydrogens (tertiary/aromatic N) is 2. The van der Waals surface area contributed by atoms with Gasteiger partial charge in [-0.1, -0.05) is 6.07 Å². The van der Waals surface area contributed by atoms with Gasteiger partial charge in [0, 0.05) is 29.9 Å². The second-order valence-corrected chi connectivity index (χ2v) is 3.71. The summed E-state index contributed by atoms with van der Waals surface area (Å²) in [6, 6.07) is 4.46. The van der Waals surface area contributed by atoms with Gasteiger partial charge in [-0.25, -0.2) is 4.39 Å². The van der Waals surface area contributed by atoms with E-state index in [1.807, 2.05) is 6.20 Å². The first-order valence-corrected chi connectivity index (χ1v) is 5.26. The van der Waals surface area contributed by atoms with Gasteiger partial charge in [-0.15, -0.1) is 0 Å². The van der Waals surface area contributed by atoms with E-state index in [4.69, 9.17) is 10.5 Å². The number of methoxy groups -OCH3 is 1. The fourth-order valence-electron chi connectivity index (χ4n) is 1.62. The molecule has 90 valence electrons. The van der Waals surface area contributed by atoms with Crippen LogP contribution in [-0.2, 0) is 13.1 Å². The average molecular weight is 235 g/mol. The predicted molar refractivity (Wildman–Crippen MR) is 62.2 cm³/mol. The lowest BCUT2D eigenvalue weighted by Gasteiger charge is -2.08. The van der Waals surface area contributed by atoms with Crippen molar-refractivity contribution >= 4 is 0 Å². The maximum atomic E-state index is 13.0. The van der Waals surface area contributed by atoms with Gasteiger partial charge in [0.05, 0.1) is 19.9 Å². The van der Waals surface area contributed by atoms with E-state index in [2.05, 4.69) is 5.10 Å². The Labute approximate surface area is 98.8 Å². The molecule has 1 aromatic heterocycles. The molecule has 0 fully saturated rings. The Morgan fingerprint density at radius 3 is 2.94 bits per heavy atom. The van der Waals surface area contributed by atoms with Crippen molar-refractivity contribution in [2.75, 3.05) is 7.11 Å². The molecule has 0 saturated carbocycles. The SMILES string of the molecule is COc1cc(F)ccc1Cn1cc(CN)cn1. The second kappa shape index (κ2) is 4.97. The van der Waals surface area contributed by atoms with Gasteiger partial charge in [-0.3, -0.25) is 4.68 Å². The largest absolute Gasteiger partial charge is 0.496 e. The molecule has 0 saturated heterocycles. The molecule has 0 unspecified atom stereocenters. The number of ether oxygens (including phenoxy) is 1. The molecule has 2 N–H and O–H groups in total. The molecule has 0 amide bonds. The van der Waals surface area contributed by atoms with Crippen LogP contribution in [-0.4, -0.2) is 16.9 Å². The molecule has 0 spiro atoms. The van der Waals surface area contributed by atoms with Gasteiger partial charge in [0.15, 0.2) is 0 Å².